The van der Waals surface area contributed by atoms with Crippen molar-refractivity contribution in [2.24, 2.45) is 5.92 Å². The van der Waals surface area contributed by atoms with Crippen LogP contribution in [0, 0.1) is 5.92 Å². The molecule has 3 heterocycles. The van der Waals surface area contributed by atoms with Gasteiger partial charge in [0.15, 0.2) is 0 Å². The van der Waals surface area contributed by atoms with Gasteiger partial charge in [0.2, 0.25) is 11.8 Å². The van der Waals surface area contributed by atoms with Crippen LogP contribution in [0.2, 0.25) is 0 Å². The van der Waals surface area contributed by atoms with Gasteiger partial charge in [0.05, 0.1) is 25.2 Å². The Kier molecular flexibility index (Phi) is 7.76. The second kappa shape index (κ2) is 10.5. The minimum atomic E-state index is -0.490. The summed E-state index contributed by atoms with van der Waals surface area (Å²) in [4.78, 5) is 28.6. The number of rotatable bonds is 7. The number of hydrogen-bond donors (Lipinski definition) is 3. The van der Waals surface area contributed by atoms with E-state index >= 15 is 0 Å². The predicted molar refractivity (Wildman–Crippen MR) is 101 cm³/mol. The average molecular weight is 391 g/mol. The van der Waals surface area contributed by atoms with E-state index in [-0.39, 0.29) is 42.9 Å². The standard InChI is InChI=1S/C20H29N3O5/c24-13-18-17(23-20(26)15-5-9-27-10-6-15)2-1-16(28-18)11-19(25)22-12-14-3-7-21-8-4-14/h3-4,7-8,15-18,24H,1-2,5-6,9-13H2,(H,22,25)(H,23,26)/t16-,17-,18-/m1/s1. The number of nitrogens with one attached hydrogen (secondary N) is 2. The van der Waals surface area contributed by atoms with Crippen molar-refractivity contribution >= 4 is 11.8 Å². The summed E-state index contributed by atoms with van der Waals surface area (Å²) in [6, 6.07) is 3.48. The molecule has 3 rings (SSSR count). The van der Waals surface area contributed by atoms with Crippen LogP contribution in [0.3, 0.4) is 0 Å². The van der Waals surface area contributed by atoms with E-state index in [4.69, 9.17) is 9.47 Å². The number of nitrogens with zero attached hydrogens (tertiary/aromatic N) is 1. The second-order valence-electron chi connectivity index (χ2n) is 7.39. The number of aliphatic hydroxyl groups excluding tert-OH is 1. The highest BCUT2D eigenvalue weighted by atomic mass is 16.5. The van der Waals surface area contributed by atoms with E-state index < -0.39 is 6.10 Å². The van der Waals surface area contributed by atoms with Gasteiger partial charge >= 0.3 is 0 Å². The molecule has 8 heteroatoms. The molecule has 1 aromatic heterocycles. The molecule has 2 amide bonds. The van der Waals surface area contributed by atoms with Crippen LogP contribution in [0.5, 0.6) is 0 Å². The van der Waals surface area contributed by atoms with E-state index in [0.717, 1.165) is 18.4 Å². The van der Waals surface area contributed by atoms with Crippen molar-refractivity contribution in [3.8, 4) is 0 Å². The Morgan fingerprint density at radius 2 is 1.89 bits per heavy atom. The van der Waals surface area contributed by atoms with Crippen LogP contribution in [-0.4, -0.2) is 60.0 Å². The fraction of sp³-hybridized carbons (Fsp3) is 0.650. The number of carbonyl (C=O) groups excluding carboxylic acids is 2. The maximum Gasteiger partial charge on any atom is 0.223 e. The van der Waals surface area contributed by atoms with E-state index in [1.54, 1.807) is 12.4 Å². The molecule has 8 nitrogen and oxygen atoms in total. The highest BCUT2D eigenvalue weighted by molar-refractivity contribution is 5.79. The van der Waals surface area contributed by atoms with Gasteiger partial charge in [0.1, 0.15) is 6.10 Å². The number of hydrogen-bond acceptors (Lipinski definition) is 6. The highest BCUT2D eigenvalue weighted by Gasteiger charge is 2.34. The van der Waals surface area contributed by atoms with Crippen molar-refractivity contribution in [3.05, 3.63) is 30.1 Å². The van der Waals surface area contributed by atoms with Crippen molar-refractivity contribution in [2.45, 2.75) is 56.9 Å². The topological polar surface area (TPSA) is 110 Å². The molecular weight excluding hydrogens is 362 g/mol. The van der Waals surface area contributed by atoms with Crippen LogP contribution in [-0.2, 0) is 25.6 Å². The summed E-state index contributed by atoms with van der Waals surface area (Å²) in [5.74, 6) is -0.128. The first kappa shape index (κ1) is 20.7. The molecule has 2 aliphatic heterocycles. The summed E-state index contributed by atoms with van der Waals surface area (Å²) < 4.78 is 11.2. The first-order valence-electron chi connectivity index (χ1n) is 9.95. The zero-order valence-electron chi connectivity index (χ0n) is 16.0. The normalized spacial score (nSPS) is 25.8. The molecule has 2 saturated heterocycles. The van der Waals surface area contributed by atoms with E-state index in [1.807, 2.05) is 12.1 Å². The Bertz CT molecular complexity index is 636. The average Bonchev–Trinajstić information content (AvgIpc) is 2.74. The molecule has 0 aliphatic carbocycles. The van der Waals surface area contributed by atoms with Gasteiger partial charge in [-0.05, 0) is 43.4 Å². The Hall–Kier alpha value is -2.03. The summed E-state index contributed by atoms with van der Waals surface area (Å²) >= 11 is 0. The lowest BCUT2D eigenvalue weighted by Crippen LogP contribution is -2.53. The Balaban J connectivity index is 1.43. The fourth-order valence-corrected chi connectivity index (χ4v) is 3.69. The zero-order chi connectivity index (χ0) is 19.8. The third-order valence-electron chi connectivity index (χ3n) is 5.37. The van der Waals surface area contributed by atoms with Gasteiger partial charge in [-0.25, -0.2) is 0 Å². The summed E-state index contributed by atoms with van der Waals surface area (Å²) in [6.45, 7) is 1.48. The number of carbonyl (C=O) groups is 2. The molecule has 2 aliphatic rings. The SMILES string of the molecule is O=C(C[C@H]1CC[C@@H](NC(=O)C2CCOCC2)[C@@H](CO)O1)NCc1ccncc1. The van der Waals surface area contributed by atoms with Gasteiger partial charge in [-0.2, -0.15) is 0 Å². The summed E-state index contributed by atoms with van der Waals surface area (Å²) in [7, 11) is 0. The number of ether oxygens (including phenoxy) is 2. The minimum Gasteiger partial charge on any atom is -0.394 e. The van der Waals surface area contributed by atoms with Crippen molar-refractivity contribution in [2.75, 3.05) is 19.8 Å². The molecule has 0 aromatic carbocycles. The van der Waals surface area contributed by atoms with Crippen molar-refractivity contribution in [3.63, 3.8) is 0 Å². The summed E-state index contributed by atoms with van der Waals surface area (Å²) in [5.41, 5.74) is 0.983. The summed E-state index contributed by atoms with van der Waals surface area (Å²) in [5, 5.41) is 15.6. The van der Waals surface area contributed by atoms with E-state index in [1.165, 1.54) is 0 Å². The number of amides is 2. The molecule has 1 aromatic rings. The van der Waals surface area contributed by atoms with Crippen molar-refractivity contribution in [1.82, 2.24) is 15.6 Å². The molecular formula is C20H29N3O5. The molecule has 0 unspecified atom stereocenters. The first-order valence-corrected chi connectivity index (χ1v) is 9.95. The van der Waals surface area contributed by atoms with Crippen molar-refractivity contribution < 1.29 is 24.2 Å². The van der Waals surface area contributed by atoms with Crippen molar-refractivity contribution in [1.29, 1.82) is 0 Å². The summed E-state index contributed by atoms with van der Waals surface area (Å²) in [6.07, 6.45) is 5.66. The maximum atomic E-state index is 12.4. The number of aromatic nitrogens is 1. The molecule has 0 bridgehead atoms. The van der Waals surface area contributed by atoms with E-state index in [2.05, 4.69) is 15.6 Å². The zero-order valence-corrected chi connectivity index (χ0v) is 16.0. The minimum absolute atomic E-state index is 0.00361. The predicted octanol–water partition coefficient (Wildman–Crippen LogP) is 0.539. The molecule has 154 valence electrons. The van der Waals surface area contributed by atoms with Gasteiger partial charge < -0.3 is 25.2 Å². The molecule has 28 heavy (non-hydrogen) atoms. The third kappa shape index (κ3) is 5.98. The lowest BCUT2D eigenvalue weighted by atomic mass is 9.94. The smallest absolute Gasteiger partial charge is 0.223 e. The monoisotopic (exact) mass is 391 g/mol. The Morgan fingerprint density at radius 1 is 1.14 bits per heavy atom. The van der Waals surface area contributed by atoms with Crippen LogP contribution >= 0.6 is 0 Å². The number of pyridine rings is 1. The number of aliphatic hydroxyl groups is 1. The van der Waals surface area contributed by atoms with E-state index in [0.29, 0.717) is 32.6 Å². The third-order valence-corrected chi connectivity index (χ3v) is 5.37. The molecule has 0 radical (unpaired) electrons. The Labute approximate surface area is 165 Å². The second-order valence-corrected chi connectivity index (χ2v) is 7.39. The van der Waals surface area contributed by atoms with Crippen LogP contribution in [0.4, 0.5) is 0 Å². The largest absolute Gasteiger partial charge is 0.394 e. The van der Waals surface area contributed by atoms with Gasteiger partial charge in [0.25, 0.3) is 0 Å². The van der Waals surface area contributed by atoms with E-state index in [9.17, 15) is 14.7 Å². The molecule has 3 atom stereocenters. The molecule has 3 N–H and O–H groups in total. The highest BCUT2D eigenvalue weighted by Crippen LogP contribution is 2.23. The molecule has 0 spiro atoms. The van der Waals surface area contributed by atoms with Crippen LogP contribution in [0.15, 0.2) is 24.5 Å². The van der Waals surface area contributed by atoms with Crippen LogP contribution in [0.1, 0.15) is 37.7 Å². The van der Waals surface area contributed by atoms with Gasteiger partial charge in [0, 0.05) is 38.1 Å². The van der Waals surface area contributed by atoms with Gasteiger partial charge in [-0.3, -0.25) is 14.6 Å². The molecule has 2 fully saturated rings. The van der Waals surface area contributed by atoms with Gasteiger partial charge in [-0.1, -0.05) is 0 Å². The molecule has 0 saturated carbocycles. The maximum absolute atomic E-state index is 12.4. The van der Waals surface area contributed by atoms with Gasteiger partial charge in [-0.15, -0.1) is 0 Å². The Morgan fingerprint density at radius 3 is 2.61 bits per heavy atom. The lowest BCUT2D eigenvalue weighted by Gasteiger charge is -2.37. The van der Waals surface area contributed by atoms with Crippen LogP contribution in [0.25, 0.3) is 0 Å². The first-order chi connectivity index (χ1) is 13.7. The van der Waals surface area contributed by atoms with Crippen LogP contribution < -0.4 is 10.6 Å². The lowest BCUT2D eigenvalue weighted by molar-refractivity contribution is -0.139. The fourth-order valence-electron chi connectivity index (χ4n) is 3.69. The quantitative estimate of drug-likeness (QED) is 0.626.